The van der Waals surface area contributed by atoms with E-state index in [0.717, 1.165) is 50.3 Å². The number of carbonyl (C=O) groups is 1. The highest BCUT2D eigenvalue weighted by Gasteiger charge is 2.37. The fourth-order valence-corrected chi connectivity index (χ4v) is 4.16. The molecule has 6 heteroatoms. The maximum absolute atomic E-state index is 12.6. The number of ether oxygens (including phenoxy) is 1. The van der Waals surface area contributed by atoms with Gasteiger partial charge in [-0.1, -0.05) is 18.2 Å². The van der Waals surface area contributed by atoms with Gasteiger partial charge in [-0.2, -0.15) is 5.26 Å². The van der Waals surface area contributed by atoms with Crippen LogP contribution in [-0.2, 0) is 4.74 Å². The van der Waals surface area contributed by atoms with Crippen molar-refractivity contribution in [3.8, 4) is 6.07 Å². The fraction of sp³-hybridized carbons (Fsp3) is 0.409. The van der Waals surface area contributed by atoms with Crippen molar-refractivity contribution in [1.82, 2.24) is 9.88 Å². The van der Waals surface area contributed by atoms with Crippen molar-refractivity contribution >= 4 is 11.7 Å². The number of hydrogen-bond donors (Lipinski definition) is 1. The molecule has 1 aromatic carbocycles. The Morgan fingerprint density at radius 1 is 1.14 bits per heavy atom. The number of carbonyl (C=O) groups excluding carboxylic acids is 1. The molecule has 2 aliphatic rings. The molecular weight excluding hydrogens is 352 g/mol. The van der Waals surface area contributed by atoms with Gasteiger partial charge in [0.2, 0.25) is 0 Å². The van der Waals surface area contributed by atoms with Gasteiger partial charge < -0.3 is 15.0 Å². The van der Waals surface area contributed by atoms with Gasteiger partial charge in [-0.3, -0.25) is 4.79 Å². The molecule has 1 aromatic heterocycles. The molecule has 1 N–H and O–H groups in total. The Morgan fingerprint density at radius 2 is 1.93 bits per heavy atom. The Labute approximate surface area is 165 Å². The Kier molecular flexibility index (Phi) is 5.54. The van der Waals surface area contributed by atoms with Crippen molar-refractivity contribution in [2.75, 3.05) is 25.0 Å². The minimum atomic E-state index is 0.114. The van der Waals surface area contributed by atoms with Gasteiger partial charge in [0.05, 0.1) is 17.7 Å². The number of aromatic nitrogens is 1. The molecule has 0 unspecified atom stereocenters. The van der Waals surface area contributed by atoms with E-state index in [0.29, 0.717) is 11.5 Å². The summed E-state index contributed by atoms with van der Waals surface area (Å²) in [6, 6.07) is 15.4. The summed E-state index contributed by atoms with van der Waals surface area (Å²) in [6.45, 7) is 2.27. The highest BCUT2D eigenvalue weighted by Crippen LogP contribution is 2.31. The molecule has 4 rings (SSSR count). The second-order valence-corrected chi connectivity index (χ2v) is 7.41. The van der Waals surface area contributed by atoms with Gasteiger partial charge in [-0.25, -0.2) is 4.98 Å². The van der Waals surface area contributed by atoms with Crippen molar-refractivity contribution in [2.24, 2.45) is 5.92 Å². The first-order valence-electron chi connectivity index (χ1n) is 9.83. The summed E-state index contributed by atoms with van der Waals surface area (Å²) in [5, 5.41) is 12.4. The fourth-order valence-electron chi connectivity index (χ4n) is 4.16. The number of rotatable bonds is 4. The van der Waals surface area contributed by atoms with E-state index in [9.17, 15) is 4.79 Å². The molecule has 28 heavy (non-hydrogen) atoms. The van der Waals surface area contributed by atoms with Crippen molar-refractivity contribution in [3.05, 3.63) is 59.8 Å². The molecule has 2 aromatic rings. The van der Waals surface area contributed by atoms with E-state index in [1.165, 1.54) is 0 Å². The Bertz CT molecular complexity index is 839. The number of likely N-dealkylation sites (tertiary alicyclic amines) is 1. The zero-order valence-electron chi connectivity index (χ0n) is 15.8. The predicted molar refractivity (Wildman–Crippen MR) is 106 cm³/mol. The SMILES string of the molecule is N#Cc1ccc(N[C@@H]2CCO[C@H]2C2CCN(C(=O)c3ccccc3)CC2)nc1. The molecular formula is C22H24N4O2. The van der Waals surface area contributed by atoms with Crippen LogP contribution in [0, 0.1) is 17.2 Å². The smallest absolute Gasteiger partial charge is 0.253 e. The molecule has 0 aliphatic carbocycles. The lowest BCUT2D eigenvalue weighted by molar-refractivity contribution is 0.0261. The van der Waals surface area contributed by atoms with E-state index in [4.69, 9.17) is 10.00 Å². The molecule has 0 radical (unpaired) electrons. The third-order valence-corrected chi connectivity index (χ3v) is 5.67. The van der Waals surface area contributed by atoms with Crippen molar-refractivity contribution in [3.63, 3.8) is 0 Å². The Hall–Kier alpha value is -2.91. The maximum Gasteiger partial charge on any atom is 0.253 e. The van der Waals surface area contributed by atoms with Crippen LogP contribution in [0.2, 0.25) is 0 Å². The Balaban J connectivity index is 1.34. The molecule has 3 heterocycles. The lowest BCUT2D eigenvalue weighted by atomic mass is 9.87. The largest absolute Gasteiger partial charge is 0.376 e. The number of benzene rings is 1. The van der Waals surface area contributed by atoms with E-state index < -0.39 is 0 Å². The van der Waals surface area contributed by atoms with Crippen molar-refractivity contribution in [1.29, 1.82) is 5.26 Å². The quantitative estimate of drug-likeness (QED) is 0.887. The first-order valence-corrected chi connectivity index (χ1v) is 9.83. The number of amides is 1. The van der Waals surface area contributed by atoms with Crippen molar-refractivity contribution < 1.29 is 9.53 Å². The number of piperidine rings is 1. The van der Waals surface area contributed by atoms with Crippen LogP contribution in [-0.4, -0.2) is 47.6 Å². The Morgan fingerprint density at radius 3 is 2.61 bits per heavy atom. The number of nitrogens with zero attached hydrogens (tertiary/aromatic N) is 3. The van der Waals surface area contributed by atoms with Crippen LogP contribution in [0.25, 0.3) is 0 Å². The summed E-state index contributed by atoms with van der Waals surface area (Å²) in [4.78, 5) is 18.9. The summed E-state index contributed by atoms with van der Waals surface area (Å²) in [7, 11) is 0. The van der Waals surface area contributed by atoms with Crippen LogP contribution >= 0.6 is 0 Å². The molecule has 0 bridgehead atoms. The molecule has 0 spiro atoms. The lowest BCUT2D eigenvalue weighted by Gasteiger charge is -2.36. The number of nitriles is 1. The zero-order valence-corrected chi connectivity index (χ0v) is 15.8. The van der Waals surface area contributed by atoms with E-state index in [2.05, 4.69) is 16.4 Å². The van der Waals surface area contributed by atoms with E-state index in [1.807, 2.05) is 41.3 Å². The van der Waals surface area contributed by atoms with Gasteiger partial charge in [0.15, 0.2) is 0 Å². The molecule has 2 atom stereocenters. The topological polar surface area (TPSA) is 78.2 Å². The molecule has 2 fully saturated rings. The summed E-state index contributed by atoms with van der Waals surface area (Å²) >= 11 is 0. The third-order valence-electron chi connectivity index (χ3n) is 5.67. The number of anilines is 1. The highest BCUT2D eigenvalue weighted by molar-refractivity contribution is 5.94. The molecule has 2 saturated heterocycles. The third kappa shape index (κ3) is 4.00. The van der Waals surface area contributed by atoms with Gasteiger partial charge in [-0.05, 0) is 49.4 Å². The van der Waals surface area contributed by atoms with Crippen LogP contribution in [0.3, 0.4) is 0 Å². The monoisotopic (exact) mass is 376 g/mol. The van der Waals surface area contributed by atoms with Gasteiger partial charge in [0.1, 0.15) is 11.9 Å². The van der Waals surface area contributed by atoms with Crippen LogP contribution < -0.4 is 5.32 Å². The highest BCUT2D eigenvalue weighted by atomic mass is 16.5. The molecule has 144 valence electrons. The van der Waals surface area contributed by atoms with Gasteiger partial charge in [0, 0.05) is 31.5 Å². The minimum Gasteiger partial charge on any atom is -0.376 e. The average molecular weight is 376 g/mol. The first-order chi connectivity index (χ1) is 13.7. The van der Waals surface area contributed by atoms with Crippen LogP contribution in [0.5, 0.6) is 0 Å². The van der Waals surface area contributed by atoms with E-state index in [1.54, 1.807) is 12.3 Å². The summed E-state index contributed by atoms with van der Waals surface area (Å²) in [5.74, 6) is 1.32. The average Bonchev–Trinajstić information content (AvgIpc) is 3.22. The van der Waals surface area contributed by atoms with Gasteiger partial charge in [-0.15, -0.1) is 0 Å². The van der Waals surface area contributed by atoms with Crippen LogP contribution in [0.15, 0.2) is 48.7 Å². The van der Waals surface area contributed by atoms with Crippen molar-refractivity contribution in [2.45, 2.75) is 31.4 Å². The summed E-state index contributed by atoms with van der Waals surface area (Å²) < 4.78 is 6.06. The molecule has 0 saturated carbocycles. The number of nitrogens with one attached hydrogen (secondary N) is 1. The maximum atomic E-state index is 12.6. The molecule has 2 aliphatic heterocycles. The first kappa shape index (κ1) is 18.5. The van der Waals surface area contributed by atoms with E-state index >= 15 is 0 Å². The van der Waals surface area contributed by atoms with Gasteiger partial charge >= 0.3 is 0 Å². The van der Waals surface area contributed by atoms with Crippen LogP contribution in [0.1, 0.15) is 35.2 Å². The standard InChI is InChI=1S/C22H24N4O2/c23-14-16-6-7-20(24-15-16)25-19-10-13-28-21(19)17-8-11-26(12-9-17)22(27)18-4-2-1-3-5-18/h1-7,15,17,19,21H,8-13H2,(H,24,25)/t19-,21+/m1/s1. The summed E-state index contributed by atoms with van der Waals surface area (Å²) in [6.07, 6.45) is 4.55. The van der Waals surface area contributed by atoms with Gasteiger partial charge in [0.25, 0.3) is 5.91 Å². The second-order valence-electron chi connectivity index (χ2n) is 7.41. The van der Waals surface area contributed by atoms with Crippen LogP contribution in [0.4, 0.5) is 5.82 Å². The minimum absolute atomic E-state index is 0.114. The molecule has 6 nitrogen and oxygen atoms in total. The normalized spacial score (nSPS) is 22.6. The lowest BCUT2D eigenvalue weighted by Crippen LogP contribution is -2.44. The van der Waals surface area contributed by atoms with E-state index in [-0.39, 0.29) is 18.1 Å². The second kappa shape index (κ2) is 8.41. The molecule has 1 amide bonds. The number of hydrogen-bond acceptors (Lipinski definition) is 5. The zero-order chi connectivity index (χ0) is 19.3. The number of pyridine rings is 1. The summed E-state index contributed by atoms with van der Waals surface area (Å²) in [5.41, 5.74) is 1.31. The predicted octanol–water partition coefficient (Wildman–Crippen LogP) is 3.08.